The number of fused-ring (bicyclic) bond motifs is 1. The van der Waals surface area contributed by atoms with Gasteiger partial charge in [-0.1, -0.05) is 0 Å². The first-order valence-electron chi connectivity index (χ1n) is 4.47. The Morgan fingerprint density at radius 1 is 1.38 bits per heavy atom. The Labute approximate surface area is 88.5 Å². The Morgan fingerprint density at radius 2 is 2.12 bits per heavy atom. The molecule has 0 bridgehead atoms. The number of aromatic nitrogens is 2. The van der Waals surface area contributed by atoms with E-state index in [1.54, 1.807) is 0 Å². The molecule has 0 aliphatic rings. The number of carbonyl (C=O) groups excluding carboxylic acids is 1. The predicted octanol–water partition coefficient (Wildman–Crippen LogP) is 2.58. The summed E-state index contributed by atoms with van der Waals surface area (Å²) in [6.45, 7) is 0. The fourth-order valence-electron chi connectivity index (χ4n) is 1.47. The van der Waals surface area contributed by atoms with Crippen molar-refractivity contribution in [3.63, 3.8) is 0 Å². The lowest BCUT2D eigenvalue weighted by atomic mass is 10.3. The van der Waals surface area contributed by atoms with Crippen molar-refractivity contribution < 1.29 is 18.0 Å². The largest absolute Gasteiger partial charge is 0.311 e. The molecular weight excluding hydrogens is 221 g/mol. The molecule has 6 heteroatoms. The Morgan fingerprint density at radius 3 is 2.75 bits per heavy atom. The molecule has 0 N–H and O–H groups in total. The summed E-state index contributed by atoms with van der Waals surface area (Å²) in [5, 5.41) is 0.500. The molecule has 0 spiro atoms. The molecule has 2 rings (SSSR count). The molecule has 84 valence electrons. The van der Waals surface area contributed by atoms with Crippen LogP contribution in [0.2, 0.25) is 0 Å². The van der Waals surface area contributed by atoms with Crippen LogP contribution >= 0.6 is 0 Å². The van der Waals surface area contributed by atoms with Crippen LogP contribution in [0.3, 0.4) is 0 Å². The van der Waals surface area contributed by atoms with Gasteiger partial charge in [-0.15, -0.1) is 0 Å². The van der Waals surface area contributed by atoms with Gasteiger partial charge in [0.2, 0.25) is 6.30 Å². The Balaban J connectivity index is 2.53. The van der Waals surface area contributed by atoms with Crippen LogP contribution in [0, 0.1) is 0 Å². The van der Waals surface area contributed by atoms with E-state index in [4.69, 9.17) is 0 Å². The predicted molar refractivity (Wildman–Crippen MR) is 51.3 cm³/mol. The smallest absolute Gasteiger partial charge is 0.288 e. The van der Waals surface area contributed by atoms with E-state index in [9.17, 15) is 18.0 Å². The number of carbonyl (C=O) groups is 1. The lowest BCUT2D eigenvalue weighted by Crippen LogP contribution is -2.11. The summed E-state index contributed by atoms with van der Waals surface area (Å²) in [5.74, 6) is 0. The maximum Gasteiger partial charge on any atom is 0.288 e. The van der Waals surface area contributed by atoms with Crippen molar-refractivity contribution in [2.45, 2.75) is 12.7 Å². The van der Waals surface area contributed by atoms with E-state index in [0.717, 1.165) is 4.57 Å². The zero-order chi connectivity index (χ0) is 11.7. The molecule has 0 radical (unpaired) electrons. The van der Waals surface area contributed by atoms with Crippen LogP contribution in [0.25, 0.3) is 10.9 Å². The van der Waals surface area contributed by atoms with Crippen molar-refractivity contribution in [3.05, 3.63) is 30.2 Å². The van der Waals surface area contributed by atoms with Crippen molar-refractivity contribution >= 4 is 17.2 Å². The number of hydrogen-bond donors (Lipinski definition) is 0. The molecule has 0 amide bonds. The molecule has 16 heavy (non-hydrogen) atoms. The summed E-state index contributed by atoms with van der Waals surface area (Å²) < 4.78 is 38.3. The van der Waals surface area contributed by atoms with Crippen molar-refractivity contribution in [1.29, 1.82) is 0 Å². The van der Waals surface area contributed by atoms with E-state index < -0.39 is 12.7 Å². The van der Waals surface area contributed by atoms with Crippen molar-refractivity contribution in [2.75, 3.05) is 0 Å². The van der Waals surface area contributed by atoms with Gasteiger partial charge in [-0.25, -0.2) is 13.2 Å². The minimum absolute atomic E-state index is 0.178. The number of pyridine rings is 1. The minimum atomic E-state index is -3.10. The molecule has 0 fully saturated rings. The van der Waals surface area contributed by atoms with E-state index in [-0.39, 0.29) is 11.2 Å². The lowest BCUT2D eigenvalue weighted by Gasteiger charge is -2.09. The molecule has 0 saturated heterocycles. The van der Waals surface area contributed by atoms with Crippen LogP contribution in [-0.4, -0.2) is 22.3 Å². The third kappa shape index (κ3) is 1.66. The highest BCUT2D eigenvalue weighted by Crippen LogP contribution is 2.24. The average Bonchev–Trinajstić information content (AvgIpc) is 2.70. The van der Waals surface area contributed by atoms with Gasteiger partial charge in [0.1, 0.15) is 5.69 Å². The first-order chi connectivity index (χ1) is 7.63. The number of rotatable bonds is 3. The van der Waals surface area contributed by atoms with Gasteiger partial charge in [-0.3, -0.25) is 9.78 Å². The third-order valence-corrected chi connectivity index (χ3v) is 2.22. The number of nitrogens with zero attached hydrogens (tertiary/aromatic N) is 2. The Hall–Kier alpha value is -1.85. The van der Waals surface area contributed by atoms with Gasteiger partial charge in [0.25, 0.3) is 6.43 Å². The van der Waals surface area contributed by atoms with Crippen LogP contribution in [0.15, 0.2) is 24.5 Å². The van der Waals surface area contributed by atoms with E-state index in [2.05, 4.69) is 4.98 Å². The molecule has 0 aromatic carbocycles. The molecule has 1 unspecified atom stereocenters. The van der Waals surface area contributed by atoms with Crippen LogP contribution < -0.4 is 0 Å². The monoisotopic (exact) mass is 228 g/mol. The maximum absolute atomic E-state index is 13.1. The van der Waals surface area contributed by atoms with Crippen molar-refractivity contribution in [2.24, 2.45) is 0 Å². The van der Waals surface area contributed by atoms with Crippen LogP contribution in [-0.2, 0) is 0 Å². The average molecular weight is 228 g/mol. The molecule has 0 aliphatic carbocycles. The van der Waals surface area contributed by atoms with Gasteiger partial charge in [0.15, 0.2) is 6.29 Å². The molecule has 0 saturated carbocycles. The summed E-state index contributed by atoms with van der Waals surface area (Å²) in [5.41, 5.74) is 0.413. The Bertz CT molecular complexity index is 524. The summed E-state index contributed by atoms with van der Waals surface area (Å²) in [7, 11) is 0. The quantitative estimate of drug-likeness (QED) is 0.757. The molecular formula is C10H7F3N2O. The molecule has 2 aromatic heterocycles. The second kappa shape index (κ2) is 3.96. The first kappa shape index (κ1) is 10.7. The van der Waals surface area contributed by atoms with E-state index >= 15 is 0 Å². The van der Waals surface area contributed by atoms with Gasteiger partial charge < -0.3 is 4.57 Å². The van der Waals surface area contributed by atoms with Crippen molar-refractivity contribution in [1.82, 2.24) is 9.55 Å². The summed E-state index contributed by atoms with van der Waals surface area (Å²) in [6.07, 6.45) is -2.55. The molecule has 1 atom stereocenters. The maximum atomic E-state index is 13.1. The summed E-state index contributed by atoms with van der Waals surface area (Å²) >= 11 is 0. The third-order valence-electron chi connectivity index (χ3n) is 2.22. The molecule has 3 nitrogen and oxygen atoms in total. The lowest BCUT2D eigenvalue weighted by molar-refractivity contribution is 0.0106. The van der Waals surface area contributed by atoms with Crippen LogP contribution in [0.5, 0.6) is 0 Å². The SMILES string of the molecule is O=Cc1cc2ccn(C(F)C(F)F)c2cn1. The number of aldehydes is 1. The molecule has 2 aromatic rings. The Kier molecular flexibility index (Phi) is 2.64. The number of halogens is 3. The second-order valence-corrected chi connectivity index (χ2v) is 3.22. The topological polar surface area (TPSA) is 34.9 Å². The van der Waals surface area contributed by atoms with Crippen LogP contribution in [0.4, 0.5) is 13.2 Å². The van der Waals surface area contributed by atoms with Gasteiger partial charge in [0, 0.05) is 11.6 Å². The highest BCUT2D eigenvalue weighted by Gasteiger charge is 2.22. The summed E-state index contributed by atoms with van der Waals surface area (Å²) in [6, 6.07) is 2.87. The molecule has 0 aliphatic heterocycles. The van der Waals surface area contributed by atoms with Crippen molar-refractivity contribution in [3.8, 4) is 0 Å². The fourth-order valence-corrected chi connectivity index (χ4v) is 1.47. The standard InChI is InChI=1S/C10H7F3N2O/c11-9(12)10(13)15-2-1-6-3-7(5-16)14-4-8(6)15/h1-5,9-10H. The highest BCUT2D eigenvalue weighted by molar-refractivity contribution is 5.85. The summed E-state index contributed by atoms with van der Waals surface area (Å²) in [4.78, 5) is 14.1. The number of alkyl halides is 3. The van der Waals surface area contributed by atoms with Gasteiger partial charge >= 0.3 is 0 Å². The normalized spacial score (nSPS) is 13.2. The highest BCUT2D eigenvalue weighted by atomic mass is 19.3. The van der Waals surface area contributed by atoms with Gasteiger partial charge in [0.05, 0.1) is 11.7 Å². The minimum Gasteiger partial charge on any atom is -0.311 e. The van der Waals surface area contributed by atoms with E-state index in [1.165, 1.54) is 24.5 Å². The van der Waals surface area contributed by atoms with Crippen LogP contribution in [0.1, 0.15) is 16.8 Å². The van der Waals surface area contributed by atoms with E-state index in [0.29, 0.717) is 11.7 Å². The first-order valence-corrected chi connectivity index (χ1v) is 4.47. The van der Waals surface area contributed by atoms with Gasteiger partial charge in [-0.05, 0) is 12.1 Å². The number of hydrogen-bond acceptors (Lipinski definition) is 2. The zero-order valence-electron chi connectivity index (χ0n) is 7.98. The zero-order valence-corrected chi connectivity index (χ0v) is 7.98. The fraction of sp³-hybridized carbons (Fsp3) is 0.200. The van der Waals surface area contributed by atoms with Gasteiger partial charge in [-0.2, -0.15) is 0 Å². The second-order valence-electron chi connectivity index (χ2n) is 3.22. The van der Waals surface area contributed by atoms with E-state index in [1.807, 2.05) is 0 Å². The molecule has 2 heterocycles.